The van der Waals surface area contributed by atoms with E-state index in [1.54, 1.807) is 29.1 Å². The summed E-state index contributed by atoms with van der Waals surface area (Å²) in [6, 6.07) is 10.7. The summed E-state index contributed by atoms with van der Waals surface area (Å²) in [5.74, 6) is 0.604. The Balaban J connectivity index is 1.41. The molecule has 0 unspecified atom stereocenters. The predicted molar refractivity (Wildman–Crippen MR) is 90.1 cm³/mol. The van der Waals surface area contributed by atoms with Gasteiger partial charge < -0.3 is 19.7 Å². The monoisotopic (exact) mass is 337 g/mol. The molecule has 4 rings (SSSR count). The minimum Gasteiger partial charge on any atom is -0.454 e. The first-order valence-corrected chi connectivity index (χ1v) is 7.73. The van der Waals surface area contributed by atoms with E-state index in [-0.39, 0.29) is 17.4 Å². The number of aromatic nitrogens is 4. The summed E-state index contributed by atoms with van der Waals surface area (Å²) in [5.41, 5.74) is 2.06. The van der Waals surface area contributed by atoms with Crippen LogP contribution in [0.15, 0.2) is 58.0 Å². The lowest BCUT2D eigenvalue weighted by Gasteiger charge is -2.04. The van der Waals surface area contributed by atoms with Crippen molar-refractivity contribution in [2.24, 2.45) is 0 Å². The summed E-state index contributed by atoms with van der Waals surface area (Å²) >= 11 is 0. The van der Waals surface area contributed by atoms with Crippen molar-refractivity contribution in [2.75, 3.05) is 0 Å². The van der Waals surface area contributed by atoms with Crippen LogP contribution in [-0.4, -0.2) is 25.7 Å². The van der Waals surface area contributed by atoms with Crippen LogP contribution in [-0.2, 0) is 13.1 Å². The van der Waals surface area contributed by atoms with Crippen LogP contribution in [0.4, 0.5) is 0 Å². The van der Waals surface area contributed by atoms with Gasteiger partial charge in [0.2, 0.25) is 0 Å². The minimum absolute atomic E-state index is 0.248. The van der Waals surface area contributed by atoms with Crippen molar-refractivity contribution >= 4 is 16.9 Å². The number of carbonyl (C=O) groups is 1. The molecule has 0 saturated heterocycles. The molecule has 0 saturated carbocycles. The van der Waals surface area contributed by atoms with Crippen molar-refractivity contribution in [1.82, 2.24) is 25.1 Å². The molecule has 0 radical (unpaired) electrons. The Bertz CT molecular complexity index is 1070. The van der Waals surface area contributed by atoms with Gasteiger partial charge in [0.05, 0.1) is 17.6 Å². The van der Waals surface area contributed by atoms with Crippen LogP contribution in [0.3, 0.4) is 0 Å². The molecular weight excluding hydrogens is 322 g/mol. The van der Waals surface area contributed by atoms with E-state index >= 15 is 0 Å². The number of amides is 1. The van der Waals surface area contributed by atoms with E-state index in [1.165, 1.54) is 0 Å². The number of imidazole rings is 1. The number of rotatable bonds is 5. The molecule has 3 aromatic heterocycles. The van der Waals surface area contributed by atoms with Gasteiger partial charge >= 0.3 is 5.69 Å². The Labute approximate surface area is 141 Å². The molecule has 8 heteroatoms. The van der Waals surface area contributed by atoms with Crippen molar-refractivity contribution in [1.29, 1.82) is 0 Å². The fourth-order valence-corrected chi connectivity index (χ4v) is 2.60. The molecule has 0 aliphatic rings. The highest BCUT2D eigenvalue weighted by molar-refractivity contribution is 5.91. The first-order valence-electron chi connectivity index (χ1n) is 7.73. The average Bonchev–Trinajstić information content (AvgIpc) is 3.33. The van der Waals surface area contributed by atoms with Crippen molar-refractivity contribution in [3.8, 4) is 0 Å². The predicted octanol–water partition coefficient (Wildman–Crippen LogP) is 1.62. The fraction of sp³-hybridized carbons (Fsp3) is 0.118. The van der Waals surface area contributed by atoms with Crippen molar-refractivity contribution in [2.45, 2.75) is 13.1 Å². The number of nitrogens with one attached hydrogen (secondary N) is 3. The molecule has 3 heterocycles. The van der Waals surface area contributed by atoms with E-state index < -0.39 is 0 Å². The van der Waals surface area contributed by atoms with Gasteiger partial charge in [-0.05, 0) is 35.9 Å². The van der Waals surface area contributed by atoms with Crippen LogP contribution in [0, 0.1) is 0 Å². The molecule has 0 bridgehead atoms. The zero-order valence-corrected chi connectivity index (χ0v) is 13.2. The number of hydrogen-bond acceptors (Lipinski definition) is 4. The Kier molecular flexibility index (Phi) is 3.70. The molecule has 0 aliphatic carbocycles. The first-order chi connectivity index (χ1) is 12.2. The quantitative estimate of drug-likeness (QED) is 0.514. The van der Waals surface area contributed by atoms with Crippen LogP contribution >= 0.6 is 0 Å². The van der Waals surface area contributed by atoms with Gasteiger partial charge in [0, 0.05) is 18.9 Å². The van der Waals surface area contributed by atoms with Gasteiger partial charge in [0.1, 0.15) is 5.76 Å². The van der Waals surface area contributed by atoms with Crippen molar-refractivity contribution in [3.05, 3.63) is 76.4 Å². The standard InChI is InChI=1S/C17H15N5O3/c23-16(15-5-3-12(25-15)10-22-7-1-6-19-22)18-9-11-2-4-13-14(8-11)21-17(24)20-13/h1-8H,9-10H2,(H,18,23)(H2,20,21,24). The zero-order chi connectivity index (χ0) is 17.2. The number of furan rings is 1. The topological polar surface area (TPSA) is 109 Å². The molecule has 0 spiro atoms. The maximum absolute atomic E-state index is 12.2. The third kappa shape index (κ3) is 3.23. The van der Waals surface area contributed by atoms with Gasteiger partial charge in [-0.2, -0.15) is 5.10 Å². The minimum atomic E-state index is -0.297. The number of hydrogen-bond donors (Lipinski definition) is 3. The molecule has 3 N–H and O–H groups in total. The molecular formula is C17H15N5O3. The molecule has 1 amide bonds. The Morgan fingerprint density at radius 1 is 1.20 bits per heavy atom. The van der Waals surface area contributed by atoms with Gasteiger partial charge in [0.25, 0.3) is 5.91 Å². The van der Waals surface area contributed by atoms with Crippen LogP contribution < -0.4 is 11.0 Å². The van der Waals surface area contributed by atoms with E-state index in [0.29, 0.717) is 24.4 Å². The Morgan fingerprint density at radius 3 is 2.92 bits per heavy atom. The number of fused-ring (bicyclic) bond motifs is 1. The molecule has 0 fully saturated rings. The van der Waals surface area contributed by atoms with E-state index in [9.17, 15) is 9.59 Å². The molecule has 0 atom stereocenters. The van der Waals surface area contributed by atoms with E-state index in [4.69, 9.17) is 4.42 Å². The number of carbonyl (C=O) groups excluding carboxylic acids is 1. The molecule has 126 valence electrons. The SMILES string of the molecule is O=C(NCc1ccc2[nH]c(=O)[nH]c2c1)c1ccc(Cn2cccn2)o1. The van der Waals surface area contributed by atoms with Gasteiger partial charge in [-0.15, -0.1) is 0 Å². The third-order valence-corrected chi connectivity index (χ3v) is 3.80. The highest BCUT2D eigenvalue weighted by Crippen LogP contribution is 2.12. The second-order valence-electron chi connectivity index (χ2n) is 5.61. The first kappa shape index (κ1) is 15.0. The van der Waals surface area contributed by atoms with E-state index in [0.717, 1.165) is 11.1 Å². The largest absolute Gasteiger partial charge is 0.454 e. The number of benzene rings is 1. The lowest BCUT2D eigenvalue weighted by Crippen LogP contribution is -2.22. The summed E-state index contributed by atoms with van der Waals surface area (Å²) in [4.78, 5) is 28.8. The normalized spacial score (nSPS) is 11.0. The third-order valence-electron chi connectivity index (χ3n) is 3.80. The Morgan fingerprint density at radius 2 is 2.08 bits per heavy atom. The van der Waals surface area contributed by atoms with Crippen molar-refractivity contribution in [3.63, 3.8) is 0 Å². The maximum atomic E-state index is 12.2. The maximum Gasteiger partial charge on any atom is 0.323 e. The number of nitrogens with zero attached hydrogens (tertiary/aromatic N) is 2. The smallest absolute Gasteiger partial charge is 0.323 e. The molecule has 8 nitrogen and oxygen atoms in total. The second-order valence-corrected chi connectivity index (χ2v) is 5.61. The Hall–Kier alpha value is -3.55. The fourth-order valence-electron chi connectivity index (χ4n) is 2.60. The van der Waals surface area contributed by atoms with Gasteiger partial charge in [0.15, 0.2) is 5.76 Å². The molecule has 1 aromatic carbocycles. The summed E-state index contributed by atoms with van der Waals surface area (Å²) in [6.07, 6.45) is 3.51. The lowest BCUT2D eigenvalue weighted by atomic mass is 10.2. The van der Waals surface area contributed by atoms with Gasteiger partial charge in [-0.25, -0.2) is 4.79 Å². The highest BCUT2D eigenvalue weighted by Gasteiger charge is 2.11. The number of H-pyrrole nitrogens is 2. The van der Waals surface area contributed by atoms with Crippen LogP contribution in [0.5, 0.6) is 0 Å². The van der Waals surface area contributed by atoms with Crippen LogP contribution in [0.2, 0.25) is 0 Å². The summed E-state index contributed by atoms with van der Waals surface area (Å²) in [5, 5.41) is 6.90. The van der Waals surface area contributed by atoms with Crippen LogP contribution in [0.1, 0.15) is 21.9 Å². The van der Waals surface area contributed by atoms with Crippen molar-refractivity contribution < 1.29 is 9.21 Å². The molecule has 4 aromatic rings. The van der Waals surface area contributed by atoms with Gasteiger partial charge in [-0.1, -0.05) is 6.07 Å². The molecule has 25 heavy (non-hydrogen) atoms. The summed E-state index contributed by atoms with van der Waals surface area (Å²) in [7, 11) is 0. The van der Waals surface area contributed by atoms with Crippen LogP contribution in [0.25, 0.3) is 11.0 Å². The second kappa shape index (κ2) is 6.16. The summed E-state index contributed by atoms with van der Waals surface area (Å²) < 4.78 is 7.27. The summed E-state index contributed by atoms with van der Waals surface area (Å²) in [6.45, 7) is 0.801. The zero-order valence-electron chi connectivity index (χ0n) is 13.2. The molecule has 0 aliphatic heterocycles. The average molecular weight is 337 g/mol. The lowest BCUT2D eigenvalue weighted by molar-refractivity contribution is 0.0921. The number of aromatic amines is 2. The van der Waals surface area contributed by atoms with E-state index in [1.807, 2.05) is 24.4 Å². The van der Waals surface area contributed by atoms with E-state index in [2.05, 4.69) is 20.4 Å². The van der Waals surface area contributed by atoms with Gasteiger partial charge in [-0.3, -0.25) is 9.48 Å². The highest BCUT2D eigenvalue weighted by atomic mass is 16.4.